The zero-order valence-electron chi connectivity index (χ0n) is 12.8. The standard InChI is InChI=1S/C16H32N2/c1-5-18-8-6-7-15(18)12-17-14-9-13(2)10-16(3,4)11-14/h13-15,17H,5-12H2,1-4H3. The number of rotatable bonds is 4. The van der Waals surface area contributed by atoms with Gasteiger partial charge in [0.05, 0.1) is 0 Å². The van der Waals surface area contributed by atoms with Crippen LogP contribution in [0.25, 0.3) is 0 Å². The van der Waals surface area contributed by atoms with E-state index in [1.54, 1.807) is 0 Å². The Morgan fingerprint density at radius 2 is 2.06 bits per heavy atom. The molecule has 3 atom stereocenters. The first-order chi connectivity index (χ1) is 8.50. The van der Waals surface area contributed by atoms with Crippen molar-refractivity contribution in [3.05, 3.63) is 0 Å². The van der Waals surface area contributed by atoms with Crippen molar-refractivity contribution in [2.24, 2.45) is 11.3 Å². The SMILES string of the molecule is CCN1CCCC1CNC1CC(C)CC(C)(C)C1. The summed E-state index contributed by atoms with van der Waals surface area (Å²) in [6.45, 7) is 13.3. The van der Waals surface area contributed by atoms with Crippen LogP contribution in [0.5, 0.6) is 0 Å². The van der Waals surface area contributed by atoms with Crippen molar-refractivity contribution in [3.63, 3.8) is 0 Å². The second kappa shape index (κ2) is 5.92. The highest BCUT2D eigenvalue weighted by atomic mass is 15.2. The van der Waals surface area contributed by atoms with Gasteiger partial charge in [0, 0.05) is 18.6 Å². The minimum Gasteiger partial charge on any atom is -0.312 e. The number of likely N-dealkylation sites (N-methyl/N-ethyl adjacent to an activating group) is 1. The molecule has 0 aromatic rings. The number of nitrogens with zero attached hydrogens (tertiary/aromatic N) is 1. The molecule has 0 bridgehead atoms. The van der Waals surface area contributed by atoms with Crippen LogP contribution in [-0.2, 0) is 0 Å². The van der Waals surface area contributed by atoms with Crippen LogP contribution in [0.1, 0.15) is 59.8 Å². The normalized spacial score (nSPS) is 37.0. The van der Waals surface area contributed by atoms with Crippen LogP contribution in [0.2, 0.25) is 0 Å². The summed E-state index contributed by atoms with van der Waals surface area (Å²) in [7, 11) is 0. The van der Waals surface area contributed by atoms with Crippen LogP contribution in [0.15, 0.2) is 0 Å². The predicted molar refractivity (Wildman–Crippen MR) is 78.9 cm³/mol. The molecule has 0 radical (unpaired) electrons. The molecule has 0 amide bonds. The molecule has 2 heteroatoms. The molecule has 2 nitrogen and oxygen atoms in total. The fourth-order valence-electron chi connectivity index (χ4n) is 4.35. The van der Waals surface area contributed by atoms with Crippen molar-refractivity contribution < 1.29 is 0 Å². The van der Waals surface area contributed by atoms with Crippen molar-refractivity contribution in [1.29, 1.82) is 0 Å². The van der Waals surface area contributed by atoms with E-state index in [1.807, 2.05) is 0 Å². The van der Waals surface area contributed by atoms with Gasteiger partial charge in [0.1, 0.15) is 0 Å². The summed E-state index contributed by atoms with van der Waals surface area (Å²) in [5.74, 6) is 0.886. The summed E-state index contributed by atoms with van der Waals surface area (Å²) in [6, 6.07) is 1.55. The molecule has 1 aliphatic heterocycles. The molecule has 1 heterocycles. The van der Waals surface area contributed by atoms with Crippen LogP contribution >= 0.6 is 0 Å². The van der Waals surface area contributed by atoms with Gasteiger partial charge in [0.2, 0.25) is 0 Å². The van der Waals surface area contributed by atoms with Crippen molar-refractivity contribution >= 4 is 0 Å². The third kappa shape index (κ3) is 3.71. The van der Waals surface area contributed by atoms with Gasteiger partial charge in [-0.2, -0.15) is 0 Å². The second-order valence-electron chi connectivity index (χ2n) is 7.44. The Kier molecular flexibility index (Phi) is 4.71. The molecule has 2 rings (SSSR count). The molecule has 1 saturated carbocycles. The third-order valence-corrected chi connectivity index (χ3v) is 4.93. The molecule has 0 aromatic carbocycles. The zero-order chi connectivity index (χ0) is 13.2. The summed E-state index contributed by atoms with van der Waals surface area (Å²) < 4.78 is 0. The lowest BCUT2D eigenvalue weighted by Gasteiger charge is -2.40. The Balaban J connectivity index is 1.79. The van der Waals surface area contributed by atoms with E-state index in [0.717, 1.165) is 18.0 Å². The van der Waals surface area contributed by atoms with Gasteiger partial charge in [-0.05, 0) is 56.5 Å². The third-order valence-electron chi connectivity index (χ3n) is 4.93. The largest absolute Gasteiger partial charge is 0.312 e. The quantitative estimate of drug-likeness (QED) is 0.826. The highest BCUT2D eigenvalue weighted by Crippen LogP contribution is 2.38. The molecule has 1 N–H and O–H groups in total. The van der Waals surface area contributed by atoms with Gasteiger partial charge in [-0.15, -0.1) is 0 Å². The van der Waals surface area contributed by atoms with Gasteiger partial charge < -0.3 is 5.32 Å². The Morgan fingerprint density at radius 3 is 2.72 bits per heavy atom. The van der Waals surface area contributed by atoms with Crippen LogP contribution in [0, 0.1) is 11.3 Å². The molecule has 1 aliphatic carbocycles. The van der Waals surface area contributed by atoms with Gasteiger partial charge in [-0.3, -0.25) is 4.90 Å². The molecule has 106 valence electrons. The summed E-state index contributed by atoms with van der Waals surface area (Å²) in [6.07, 6.45) is 6.92. The molecule has 3 unspecified atom stereocenters. The monoisotopic (exact) mass is 252 g/mol. The van der Waals surface area contributed by atoms with E-state index in [-0.39, 0.29) is 0 Å². The maximum Gasteiger partial charge on any atom is 0.0221 e. The number of hydrogen-bond acceptors (Lipinski definition) is 2. The number of hydrogen-bond donors (Lipinski definition) is 1. The predicted octanol–water partition coefficient (Wildman–Crippen LogP) is 3.28. The molecule has 1 saturated heterocycles. The number of likely N-dealkylation sites (tertiary alicyclic amines) is 1. The maximum atomic E-state index is 3.87. The topological polar surface area (TPSA) is 15.3 Å². The first-order valence-electron chi connectivity index (χ1n) is 7.97. The number of nitrogens with one attached hydrogen (secondary N) is 1. The van der Waals surface area contributed by atoms with Gasteiger partial charge in [-0.1, -0.05) is 27.7 Å². The highest BCUT2D eigenvalue weighted by molar-refractivity contribution is 4.88. The van der Waals surface area contributed by atoms with Crippen LogP contribution < -0.4 is 5.32 Å². The van der Waals surface area contributed by atoms with Gasteiger partial charge in [-0.25, -0.2) is 0 Å². The van der Waals surface area contributed by atoms with E-state index in [4.69, 9.17) is 0 Å². The molecule has 0 spiro atoms. The first-order valence-corrected chi connectivity index (χ1v) is 7.97. The lowest BCUT2D eigenvalue weighted by atomic mass is 9.70. The summed E-state index contributed by atoms with van der Waals surface area (Å²) in [5, 5.41) is 3.87. The van der Waals surface area contributed by atoms with Crippen LogP contribution in [-0.4, -0.2) is 36.6 Å². The molecule has 2 aliphatic rings. The van der Waals surface area contributed by atoms with E-state index < -0.39 is 0 Å². The Hall–Kier alpha value is -0.0800. The minimum atomic E-state index is 0.537. The van der Waals surface area contributed by atoms with Crippen molar-refractivity contribution in [3.8, 4) is 0 Å². The maximum absolute atomic E-state index is 3.87. The summed E-state index contributed by atoms with van der Waals surface area (Å²) in [5.41, 5.74) is 0.537. The van der Waals surface area contributed by atoms with Crippen molar-refractivity contribution in [2.75, 3.05) is 19.6 Å². The Bertz CT molecular complexity index is 262. The van der Waals surface area contributed by atoms with E-state index in [9.17, 15) is 0 Å². The van der Waals surface area contributed by atoms with Crippen molar-refractivity contribution in [2.45, 2.75) is 71.9 Å². The summed E-state index contributed by atoms with van der Waals surface area (Å²) in [4.78, 5) is 2.64. The minimum absolute atomic E-state index is 0.537. The molecular formula is C16H32N2. The average molecular weight is 252 g/mol. The van der Waals surface area contributed by atoms with Gasteiger partial charge in [0.25, 0.3) is 0 Å². The molecule has 0 aromatic heterocycles. The Labute approximate surface area is 114 Å². The Morgan fingerprint density at radius 1 is 1.28 bits per heavy atom. The lowest BCUT2D eigenvalue weighted by Crippen LogP contribution is -2.45. The highest BCUT2D eigenvalue weighted by Gasteiger charge is 2.32. The fraction of sp³-hybridized carbons (Fsp3) is 1.00. The average Bonchev–Trinajstić information content (AvgIpc) is 2.70. The first kappa shape index (κ1) is 14.3. The van der Waals surface area contributed by atoms with Crippen LogP contribution in [0.3, 0.4) is 0 Å². The van der Waals surface area contributed by atoms with E-state index in [0.29, 0.717) is 5.41 Å². The van der Waals surface area contributed by atoms with E-state index in [2.05, 4.69) is 37.9 Å². The van der Waals surface area contributed by atoms with Crippen LogP contribution in [0.4, 0.5) is 0 Å². The molecule has 2 fully saturated rings. The fourth-order valence-corrected chi connectivity index (χ4v) is 4.35. The van der Waals surface area contributed by atoms with E-state index in [1.165, 1.54) is 51.7 Å². The zero-order valence-corrected chi connectivity index (χ0v) is 12.8. The smallest absolute Gasteiger partial charge is 0.0221 e. The molecular weight excluding hydrogens is 220 g/mol. The second-order valence-corrected chi connectivity index (χ2v) is 7.44. The van der Waals surface area contributed by atoms with Gasteiger partial charge >= 0.3 is 0 Å². The van der Waals surface area contributed by atoms with E-state index >= 15 is 0 Å². The summed E-state index contributed by atoms with van der Waals surface area (Å²) >= 11 is 0. The van der Waals surface area contributed by atoms with Gasteiger partial charge in [0.15, 0.2) is 0 Å². The molecule has 18 heavy (non-hydrogen) atoms. The lowest BCUT2D eigenvalue weighted by molar-refractivity contribution is 0.144. The van der Waals surface area contributed by atoms with Crippen molar-refractivity contribution in [1.82, 2.24) is 10.2 Å².